The summed E-state index contributed by atoms with van der Waals surface area (Å²) in [4.78, 5) is 15.3. The first-order valence-electron chi connectivity index (χ1n) is 7.43. The number of aromatic nitrogens is 3. The van der Waals surface area contributed by atoms with Gasteiger partial charge in [-0.3, -0.25) is 0 Å². The molecule has 1 saturated heterocycles. The van der Waals surface area contributed by atoms with E-state index in [1.807, 2.05) is 6.92 Å². The topological polar surface area (TPSA) is 63.2 Å². The fraction of sp³-hybridized carbons (Fsp3) is 0.786. The van der Waals surface area contributed by atoms with Gasteiger partial charge in [0.25, 0.3) is 0 Å². The zero-order valence-electron chi connectivity index (χ0n) is 12.9. The lowest BCUT2D eigenvalue weighted by atomic mass is 9.87. The molecule has 1 N–H and O–H groups in total. The molecule has 0 radical (unpaired) electrons. The van der Waals surface area contributed by atoms with Gasteiger partial charge in [0.05, 0.1) is 7.11 Å². The molecule has 2 rings (SSSR count). The van der Waals surface area contributed by atoms with Gasteiger partial charge in [0.1, 0.15) is 0 Å². The largest absolute Gasteiger partial charge is 0.467 e. The van der Waals surface area contributed by atoms with Crippen molar-refractivity contribution in [1.82, 2.24) is 15.0 Å². The van der Waals surface area contributed by atoms with Crippen molar-refractivity contribution in [3.63, 3.8) is 0 Å². The summed E-state index contributed by atoms with van der Waals surface area (Å²) in [7, 11) is 1.58. The van der Waals surface area contributed by atoms with Gasteiger partial charge in [-0.1, -0.05) is 13.8 Å². The maximum Gasteiger partial charge on any atom is 0.322 e. The van der Waals surface area contributed by atoms with Gasteiger partial charge in [0.15, 0.2) is 0 Å². The first-order valence-corrected chi connectivity index (χ1v) is 7.43. The quantitative estimate of drug-likeness (QED) is 0.891. The van der Waals surface area contributed by atoms with Crippen LogP contribution < -0.4 is 15.0 Å². The Morgan fingerprint density at radius 3 is 2.50 bits per heavy atom. The molecular weight excluding hydrogens is 254 g/mol. The van der Waals surface area contributed by atoms with Crippen molar-refractivity contribution in [3.8, 4) is 6.01 Å². The highest BCUT2D eigenvalue weighted by atomic mass is 16.5. The first kappa shape index (κ1) is 14.8. The Hall–Kier alpha value is -1.59. The van der Waals surface area contributed by atoms with E-state index in [1.54, 1.807) is 7.11 Å². The van der Waals surface area contributed by atoms with Crippen LogP contribution in [0.15, 0.2) is 0 Å². The van der Waals surface area contributed by atoms with Gasteiger partial charge in [-0.05, 0) is 31.6 Å². The van der Waals surface area contributed by atoms with E-state index in [-0.39, 0.29) is 0 Å². The summed E-state index contributed by atoms with van der Waals surface area (Å²) in [5.41, 5.74) is 0. The van der Waals surface area contributed by atoms with Crippen molar-refractivity contribution in [1.29, 1.82) is 0 Å². The van der Waals surface area contributed by atoms with E-state index >= 15 is 0 Å². The van der Waals surface area contributed by atoms with Gasteiger partial charge in [0, 0.05) is 19.6 Å². The second kappa shape index (κ2) is 6.72. The Morgan fingerprint density at radius 2 is 1.95 bits per heavy atom. The fourth-order valence-corrected chi connectivity index (χ4v) is 2.58. The lowest BCUT2D eigenvalue weighted by molar-refractivity contribution is 0.309. The third-order valence-corrected chi connectivity index (χ3v) is 3.89. The molecule has 0 bridgehead atoms. The molecule has 0 amide bonds. The van der Waals surface area contributed by atoms with Crippen LogP contribution in [-0.4, -0.2) is 41.7 Å². The van der Waals surface area contributed by atoms with E-state index in [1.165, 1.54) is 12.8 Å². The maximum absolute atomic E-state index is 5.16. The third-order valence-electron chi connectivity index (χ3n) is 3.89. The Morgan fingerprint density at radius 1 is 1.25 bits per heavy atom. The molecule has 112 valence electrons. The van der Waals surface area contributed by atoms with Crippen LogP contribution in [0.4, 0.5) is 11.9 Å². The van der Waals surface area contributed by atoms with E-state index in [0.717, 1.165) is 37.4 Å². The SMILES string of the molecule is CCNc1nc(OC)nc(N2CCC(C(C)C)CC2)n1. The number of hydrogen-bond donors (Lipinski definition) is 1. The highest BCUT2D eigenvalue weighted by molar-refractivity contribution is 5.38. The number of ether oxygens (including phenoxy) is 1. The summed E-state index contributed by atoms with van der Waals surface area (Å²) >= 11 is 0. The molecule has 6 nitrogen and oxygen atoms in total. The molecule has 20 heavy (non-hydrogen) atoms. The molecule has 1 aliphatic heterocycles. The van der Waals surface area contributed by atoms with E-state index in [9.17, 15) is 0 Å². The lowest BCUT2D eigenvalue weighted by Crippen LogP contribution is -2.36. The van der Waals surface area contributed by atoms with E-state index in [4.69, 9.17) is 4.74 Å². The molecule has 0 saturated carbocycles. The van der Waals surface area contributed by atoms with Crippen LogP contribution in [0.5, 0.6) is 6.01 Å². The van der Waals surface area contributed by atoms with Gasteiger partial charge in [0.2, 0.25) is 11.9 Å². The minimum absolute atomic E-state index is 0.372. The van der Waals surface area contributed by atoms with Crippen LogP contribution in [0.1, 0.15) is 33.6 Å². The van der Waals surface area contributed by atoms with Crippen molar-refractivity contribution >= 4 is 11.9 Å². The van der Waals surface area contributed by atoms with Crippen LogP contribution >= 0.6 is 0 Å². The zero-order chi connectivity index (χ0) is 14.5. The minimum atomic E-state index is 0.372. The van der Waals surface area contributed by atoms with Crippen LogP contribution in [0.25, 0.3) is 0 Å². The van der Waals surface area contributed by atoms with Crippen LogP contribution in [0, 0.1) is 11.8 Å². The maximum atomic E-state index is 5.16. The standard InChI is InChI=1S/C14H25N5O/c1-5-15-12-16-13(18-14(17-12)20-4)19-8-6-11(7-9-19)10(2)3/h10-11H,5-9H2,1-4H3,(H,15,16,17,18). The summed E-state index contributed by atoms with van der Waals surface area (Å²) < 4.78 is 5.16. The number of piperidine rings is 1. The predicted octanol–water partition coefficient (Wildman–Crippen LogP) is 2.18. The average Bonchev–Trinajstić information content (AvgIpc) is 2.47. The molecule has 0 unspecified atom stereocenters. The van der Waals surface area contributed by atoms with Gasteiger partial charge in [-0.15, -0.1) is 0 Å². The van der Waals surface area contributed by atoms with E-state index < -0.39 is 0 Å². The Bertz CT molecular complexity index is 430. The van der Waals surface area contributed by atoms with Gasteiger partial charge in [-0.2, -0.15) is 15.0 Å². The highest BCUT2D eigenvalue weighted by Gasteiger charge is 2.23. The second-order valence-corrected chi connectivity index (χ2v) is 5.54. The summed E-state index contributed by atoms with van der Waals surface area (Å²) in [6.45, 7) is 9.40. The molecule has 1 fully saturated rings. The molecule has 1 aromatic heterocycles. The minimum Gasteiger partial charge on any atom is -0.467 e. The van der Waals surface area contributed by atoms with Crippen LogP contribution in [0.2, 0.25) is 0 Å². The van der Waals surface area contributed by atoms with Crippen molar-refractivity contribution in [2.24, 2.45) is 11.8 Å². The molecule has 0 aromatic carbocycles. The van der Waals surface area contributed by atoms with Crippen molar-refractivity contribution in [3.05, 3.63) is 0 Å². The Balaban J connectivity index is 2.10. The second-order valence-electron chi connectivity index (χ2n) is 5.54. The smallest absolute Gasteiger partial charge is 0.322 e. The van der Waals surface area contributed by atoms with Gasteiger partial charge >= 0.3 is 6.01 Å². The zero-order valence-corrected chi connectivity index (χ0v) is 12.9. The average molecular weight is 279 g/mol. The normalized spacial score (nSPS) is 16.6. The third kappa shape index (κ3) is 3.49. The van der Waals surface area contributed by atoms with Crippen molar-refractivity contribution in [2.45, 2.75) is 33.6 Å². The molecule has 1 aliphatic rings. The highest BCUT2D eigenvalue weighted by Crippen LogP contribution is 2.27. The van der Waals surface area contributed by atoms with Gasteiger partial charge in [-0.25, -0.2) is 0 Å². The lowest BCUT2D eigenvalue weighted by Gasteiger charge is -2.33. The summed E-state index contributed by atoms with van der Waals surface area (Å²) in [6, 6.07) is 0.372. The Labute approximate surface area is 121 Å². The number of methoxy groups -OCH3 is 1. The molecule has 2 heterocycles. The van der Waals surface area contributed by atoms with Crippen LogP contribution in [-0.2, 0) is 0 Å². The van der Waals surface area contributed by atoms with Crippen LogP contribution in [0.3, 0.4) is 0 Å². The first-order chi connectivity index (χ1) is 9.63. The molecule has 1 aromatic rings. The molecule has 0 spiro atoms. The van der Waals surface area contributed by atoms with Crippen molar-refractivity contribution < 1.29 is 4.74 Å². The van der Waals surface area contributed by atoms with Crippen molar-refractivity contribution in [2.75, 3.05) is 37.0 Å². The molecule has 0 aliphatic carbocycles. The number of nitrogens with one attached hydrogen (secondary N) is 1. The molecule has 0 atom stereocenters. The summed E-state index contributed by atoms with van der Waals surface area (Å²) in [5.74, 6) is 2.86. The van der Waals surface area contributed by atoms with Gasteiger partial charge < -0.3 is 15.0 Å². The number of nitrogens with zero attached hydrogens (tertiary/aromatic N) is 4. The van der Waals surface area contributed by atoms with E-state index in [2.05, 4.69) is 39.0 Å². The summed E-state index contributed by atoms with van der Waals surface area (Å²) in [6.07, 6.45) is 2.39. The number of anilines is 2. The van der Waals surface area contributed by atoms with E-state index in [0.29, 0.717) is 12.0 Å². The molecular formula is C14H25N5O. The predicted molar refractivity (Wildman–Crippen MR) is 80.3 cm³/mol. The molecule has 6 heteroatoms. The fourth-order valence-electron chi connectivity index (χ4n) is 2.58. The summed E-state index contributed by atoms with van der Waals surface area (Å²) in [5, 5.41) is 3.12. The Kier molecular flexibility index (Phi) is 4.98. The number of hydrogen-bond acceptors (Lipinski definition) is 6. The monoisotopic (exact) mass is 279 g/mol. The number of rotatable bonds is 5.